The predicted molar refractivity (Wildman–Crippen MR) is 94.8 cm³/mol. The van der Waals surface area contributed by atoms with Crippen LogP contribution in [0.4, 0.5) is 5.82 Å². The van der Waals surface area contributed by atoms with E-state index in [1.807, 2.05) is 61.1 Å². The highest BCUT2D eigenvalue weighted by molar-refractivity contribution is 5.89. The van der Waals surface area contributed by atoms with E-state index in [2.05, 4.69) is 21.4 Å². The molecule has 0 aliphatic carbocycles. The number of nitrogens with one attached hydrogen (secondary N) is 1. The average Bonchev–Trinajstić information content (AvgIpc) is 2.90. The van der Waals surface area contributed by atoms with E-state index in [4.69, 9.17) is 0 Å². The number of carbonyl (C=O) groups is 1. The minimum atomic E-state index is -0.0368. The molecule has 0 saturated carbocycles. The van der Waals surface area contributed by atoms with E-state index in [0.717, 1.165) is 22.3 Å². The highest BCUT2D eigenvalue weighted by Gasteiger charge is 2.11. The van der Waals surface area contributed by atoms with Gasteiger partial charge in [0.1, 0.15) is 11.6 Å². The molecule has 0 atom stereocenters. The lowest BCUT2D eigenvalue weighted by Crippen LogP contribution is -2.26. The monoisotopic (exact) mass is 323 g/mol. The van der Waals surface area contributed by atoms with E-state index in [1.54, 1.807) is 6.20 Å². The van der Waals surface area contributed by atoms with Crippen molar-refractivity contribution in [2.45, 2.75) is 13.0 Å². The molecule has 1 N–H and O–H groups in total. The maximum Gasteiger partial charge on any atom is 0.224 e. The van der Waals surface area contributed by atoms with Crippen LogP contribution in [0.3, 0.4) is 0 Å². The second kappa shape index (κ2) is 6.70. The molecule has 0 bridgehead atoms. The van der Waals surface area contributed by atoms with Gasteiger partial charge < -0.3 is 14.8 Å². The Kier molecular flexibility index (Phi) is 4.46. The summed E-state index contributed by atoms with van der Waals surface area (Å²) in [4.78, 5) is 22.8. The van der Waals surface area contributed by atoms with Gasteiger partial charge in [0.25, 0.3) is 0 Å². The topological polar surface area (TPSA) is 63.1 Å². The summed E-state index contributed by atoms with van der Waals surface area (Å²) in [6, 6.07) is 9.92. The van der Waals surface area contributed by atoms with Gasteiger partial charge in [0.15, 0.2) is 0 Å². The van der Waals surface area contributed by atoms with Crippen molar-refractivity contribution in [3.05, 3.63) is 54.1 Å². The number of hydrogen-bond donors (Lipinski definition) is 1. The van der Waals surface area contributed by atoms with Crippen LogP contribution in [0.15, 0.2) is 42.7 Å². The summed E-state index contributed by atoms with van der Waals surface area (Å²) in [5, 5.41) is 4.01. The van der Waals surface area contributed by atoms with Crippen LogP contribution in [-0.2, 0) is 24.8 Å². The molecule has 0 spiro atoms. The lowest BCUT2D eigenvalue weighted by molar-refractivity contribution is -0.120. The van der Waals surface area contributed by atoms with E-state index in [1.165, 1.54) is 0 Å². The maximum absolute atomic E-state index is 12.3. The van der Waals surface area contributed by atoms with Gasteiger partial charge in [0, 0.05) is 44.4 Å². The van der Waals surface area contributed by atoms with Crippen LogP contribution in [-0.4, -0.2) is 34.5 Å². The van der Waals surface area contributed by atoms with Crippen molar-refractivity contribution < 1.29 is 4.79 Å². The molecule has 0 saturated heterocycles. The number of aryl methyl sites for hydroxylation is 1. The number of benzene rings is 1. The Balaban J connectivity index is 1.66. The lowest BCUT2D eigenvalue weighted by atomic mass is 10.1. The normalized spacial score (nSPS) is 10.8. The van der Waals surface area contributed by atoms with Crippen LogP contribution < -0.4 is 10.2 Å². The van der Waals surface area contributed by atoms with Gasteiger partial charge in [-0.25, -0.2) is 9.97 Å². The van der Waals surface area contributed by atoms with Gasteiger partial charge in [-0.15, -0.1) is 0 Å². The molecule has 1 amide bonds. The number of fused-ring (bicyclic) bond motifs is 1. The lowest BCUT2D eigenvalue weighted by Gasteiger charge is -2.11. The van der Waals surface area contributed by atoms with Gasteiger partial charge in [0.2, 0.25) is 5.91 Å². The van der Waals surface area contributed by atoms with Crippen LogP contribution >= 0.6 is 0 Å². The van der Waals surface area contributed by atoms with Crippen LogP contribution in [0.2, 0.25) is 0 Å². The minimum Gasteiger partial charge on any atom is -0.363 e. The third kappa shape index (κ3) is 3.37. The molecule has 0 aliphatic rings. The Morgan fingerprint density at radius 2 is 2.04 bits per heavy atom. The van der Waals surface area contributed by atoms with Gasteiger partial charge in [-0.2, -0.15) is 0 Å². The molecular weight excluding hydrogens is 302 g/mol. The summed E-state index contributed by atoms with van der Waals surface area (Å²) >= 11 is 0. The van der Waals surface area contributed by atoms with Crippen LogP contribution in [0.1, 0.15) is 11.4 Å². The second-order valence-electron chi connectivity index (χ2n) is 5.96. The summed E-state index contributed by atoms with van der Waals surface area (Å²) in [7, 11) is 5.83. The van der Waals surface area contributed by atoms with Crippen molar-refractivity contribution in [3.63, 3.8) is 0 Å². The number of aromatic nitrogens is 3. The quantitative estimate of drug-likeness (QED) is 0.779. The number of para-hydroxylation sites is 1. The first-order valence-electron chi connectivity index (χ1n) is 7.83. The standard InChI is InChI=1S/C18H21N5O/c1-22(2)17-8-9-19-16(21-17)11-20-18(24)10-13-12-23(3)15-7-5-4-6-14(13)15/h4-9,12H,10-11H2,1-3H3,(H,20,24). The molecule has 3 rings (SSSR count). The number of carbonyl (C=O) groups excluding carboxylic acids is 1. The fourth-order valence-electron chi connectivity index (χ4n) is 2.70. The molecule has 6 nitrogen and oxygen atoms in total. The van der Waals surface area contributed by atoms with Crippen molar-refractivity contribution in [1.82, 2.24) is 19.9 Å². The van der Waals surface area contributed by atoms with E-state index < -0.39 is 0 Å². The maximum atomic E-state index is 12.3. The summed E-state index contributed by atoms with van der Waals surface area (Å²) in [5.74, 6) is 1.39. The number of amides is 1. The molecular formula is C18H21N5O. The third-order valence-corrected chi connectivity index (χ3v) is 3.92. The number of hydrogen-bond acceptors (Lipinski definition) is 4. The molecule has 2 heterocycles. The zero-order chi connectivity index (χ0) is 17.1. The fourth-order valence-corrected chi connectivity index (χ4v) is 2.70. The molecule has 2 aromatic heterocycles. The Bertz CT molecular complexity index is 869. The van der Waals surface area contributed by atoms with Crippen molar-refractivity contribution in [2.75, 3.05) is 19.0 Å². The molecule has 0 aliphatic heterocycles. The predicted octanol–water partition coefficient (Wildman–Crippen LogP) is 1.89. The summed E-state index contributed by atoms with van der Waals surface area (Å²) in [6.07, 6.45) is 4.05. The molecule has 24 heavy (non-hydrogen) atoms. The van der Waals surface area contributed by atoms with Gasteiger partial charge in [0.05, 0.1) is 13.0 Å². The van der Waals surface area contributed by atoms with Gasteiger partial charge >= 0.3 is 0 Å². The highest BCUT2D eigenvalue weighted by Crippen LogP contribution is 2.20. The van der Waals surface area contributed by atoms with Crippen LogP contribution in [0.5, 0.6) is 0 Å². The van der Waals surface area contributed by atoms with Crippen LogP contribution in [0, 0.1) is 0 Å². The van der Waals surface area contributed by atoms with Gasteiger partial charge in [-0.1, -0.05) is 18.2 Å². The van der Waals surface area contributed by atoms with E-state index in [9.17, 15) is 4.79 Å². The number of nitrogens with zero attached hydrogens (tertiary/aromatic N) is 4. The Morgan fingerprint density at radius 1 is 1.25 bits per heavy atom. The fraction of sp³-hybridized carbons (Fsp3) is 0.278. The third-order valence-electron chi connectivity index (χ3n) is 3.92. The van der Waals surface area contributed by atoms with Gasteiger partial charge in [-0.3, -0.25) is 4.79 Å². The zero-order valence-corrected chi connectivity index (χ0v) is 14.2. The number of anilines is 1. The highest BCUT2D eigenvalue weighted by atomic mass is 16.1. The van der Waals surface area contributed by atoms with E-state index in [-0.39, 0.29) is 5.91 Å². The van der Waals surface area contributed by atoms with Crippen molar-refractivity contribution in [2.24, 2.45) is 7.05 Å². The van der Waals surface area contributed by atoms with Crippen LogP contribution in [0.25, 0.3) is 10.9 Å². The largest absolute Gasteiger partial charge is 0.363 e. The van der Waals surface area contributed by atoms with Crippen molar-refractivity contribution in [1.29, 1.82) is 0 Å². The summed E-state index contributed by atoms with van der Waals surface area (Å²) in [6.45, 7) is 0.325. The Labute approximate surface area is 141 Å². The van der Waals surface area contributed by atoms with E-state index in [0.29, 0.717) is 18.8 Å². The molecule has 6 heteroatoms. The molecule has 0 unspecified atom stereocenters. The average molecular weight is 323 g/mol. The second-order valence-corrected chi connectivity index (χ2v) is 5.96. The molecule has 0 fully saturated rings. The first-order chi connectivity index (χ1) is 11.5. The first kappa shape index (κ1) is 16.0. The zero-order valence-electron chi connectivity index (χ0n) is 14.2. The SMILES string of the molecule is CN(C)c1ccnc(CNC(=O)Cc2cn(C)c3ccccc23)n1. The Morgan fingerprint density at radius 3 is 2.83 bits per heavy atom. The smallest absolute Gasteiger partial charge is 0.224 e. The summed E-state index contributed by atoms with van der Waals surface area (Å²) < 4.78 is 2.04. The summed E-state index contributed by atoms with van der Waals surface area (Å²) in [5.41, 5.74) is 2.15. The minimum absolute atomic E-state index is 0.0368. The number of rotatable bonds is 5. The van der Waals surface area contributed by atoms with E-state index >= 15 is 0 Å². The molecule has 3 aromatic rings. The van der Waals surface area contributed by atoms with Crippen molar-refractivity contribution >= 4 is 22.6 Å². The molecule has 0 radical (unpaired) electrons. The first-order valence-corrected chi connectivity index (χ1v) is 7.83. The Hall–Kier alpha value is -2.89. The molecule has 124 valence electrons. The van der Waals surface area contributed by atoms with Crippen molar-refractivity contribution in [3.8, 4) is 0 Å². The molecule has 1 aromatic carbocycles. The van der Waals surface area contributed by atoms with Gasteiger partial charge in [-0.05, 0) is 17.7 Å².